The van der Waals surface area contributed by atoms with Gasteiger partial charge in [-0.25, -0.2) is 4.79 Å². The van der Waals surface area contributed by atoms with Gasteiger partial charge in [0.2, 0.25) is 5.91 Å². The van der Waals surface area contributed by atoms with Gasteiger partial charge in [-0.05, 0) is 43.2 Å². The molecule has 1 aliphatic carbocycles. The summed E-state index contributed by atoms with van der Waals surface area (Å²) in [6.45, 7) is 2.29. The van der Waals surface area contributed by atoms with Crippen LogP contribution >= 0.6 is 34.4 Å². The molecule has 0 radical (unpaired) electrons. The zero-order valence-electron chi connectivity index (χ0n) is 18.2. The molecule has 0 saturated carbocycles. The van der Waals surface area contributed by atoms with Crippen LogP contribution < -0.4 is 10.6 Å². The van der Waals surface area contributed by atoms with E-state index in [0.717, 1.165) is 29.7 Å². The predicted molar refractivity (Wildman–Crippen MR) is 128 cm³/mol. The molecule has 0 spiro atoms. The van der Waals surface area contributed by atoms with Gasteiger partial charge in [0.05, 0.1) is 29.3 Å². The number of thiophene rings is 2. The van der Waals surface area contributed by atoms with Crippen molar-refractivity contribution < 1.29 is 19.1 Å². The molecule has 33 heavy (non-hydrogen) atoms. The van der Waals surface area contributed by atoms with Crippen LogP contribution in [-0.2, 0) is 36.0 Å². The first kappa shape index (κ1) is 23.5. The van der Waals surface area contributed by atoms with Crippen molar-refractivity contribution in [1.29, 1.82) is 0 Å². The second kappa shape index (κ2) is 10.5. The summed E-state index contributed by atoms with van der Waals surface area (Å²) in [4.78, 5) is 39.0. The maximum Gasteiger partial charge on any atom is 0.341 e. The van der Waals surface area contributed by atoms with E-state index in [0.29, 0.717) is 26.4 Å². The highest BCUT2D eigenvalue weighted by atomic mass is 32.2. The van der Waals surface area contributed by atoms with E-state index in [2.05, 4.69) is 20.8 Å². The summed E-state index contributed by atoms with van der Waals surface area (Å²) in [7, 11) is 1.79. The Balaban J connectivity index is 1.34. The average Bonchev–Trinajstić information content (AvgIpc) is 3.56. The van der Waals surface area contributed by atoms with E-state index in [9.17, 15) is 14.4 Å². The van der Waals surface area contributed by atoms with E-state index in [4.69, 9.17) is 4.74 Å². The highest BCUT2D eigenvalue weighted by molar-refractivity contribution is 7.99. The van der Waals surface area contributed by atoms with Crippen LogP contribution in [0.25, 0.3) is 0 Å². The normalized spacial score (nSPS) is 12.4. The van der Waals surface area contributed by atoms with Crippen LogP contribution in [0.2, 0.25) is 0 Å². The molecule has 9 nitrogen and oxygen atoms in total. The number of fused-ring (bicyclic) bond motifs is 1. The lowest BCUT2D eigenvalue weighted by molar-refractivity contribution is -0.113. The lowest BCUT2D eigenvalue weighted by Gasteiger charge is -2.08. The Morgan fingerprint density at radius 3 is 2.88 bits per heavy atom. The number of carbonyl (C=O) groups is 3. The Morgan fingerprint density at radius 1 is 1.27 bits per heavy atom. The monoisotopic (exact) mass is 505 g/mol. The predicted octanol–water partition coefficient (Wildman–Crippen LogP) is 3.26. The fourth-order valence-electron chi connectivity index (χ4n) is 3.48. The topological polar surface area (TPSA) is 115 Å². The fourth-order valence-corrected chi connectivity index (χ4v) is 6.15. The number of esters is 1. The largest absolute Gasteiger partial charge is 0.462 e. The number of carbonyl (C=O) groups excluding carboxylic acids is 3. The molecular weight excluding hydrogens is 482 g/mol. The van der Waals surface area contributed by atoms with Gasteiger partial charge in [-0.2, -0.15) is 0 Å². The van der Waals surface area contributed by atoms with Crippen LogP contribution in [0, 0.1) is 0 Å². The van der Waals surface area contributed by atoms with Crippen molar-refractivity contribution in [1.82, 2.24) is 20.1 Å². The molecule has 174 valence electrons. The molecule has 0 atom stereocenters. The summed E-state index contributed by atoms with van der Waals surface area (Å²) in [5.41, 5.74) is 1.50. The standard InChI is InChI=1S/C21H23N5O4S3/c1-3-30-20(29)17-12-6-4-7-13(12)33-19(17)23-16(27)11-32-21-25-24-15(26(21)2)10-22-18(28)14-8-5-9-31-14/h5,8-9H,3-4,6-7,10-11H2,1-2H3,(H,22,28)(H,23,27). The summed E-state index contributed by atoms with van der Waals surface area (Å²) in [5.74, 6) is -0.0921. The maximum atomic E-state index is 12.6. The Kier molecular flexibility index (Phi) is 7.46. The van der Waals surface area contributed by atoms with Gasteiger partial charge in [0.25, 0.3) is 5.91 Å². The zero-order chi connectivity index (χ0) is 23.4. The number of amides is 2. The van der Waals surface area contributed by atoms with E-state index in [-0.39, 0.29) is 36.7 Å². The van der Waals surface area contributed by atoms with Crippen molar-refractivity contribution in [2.75, 3.05) is 17.7 Å². The second-order valence-corrected chi connectivity index (χ2v) is 10.2. The van der Waals surface area contributed by atoms with Crippen LogP contribution in [0.4, 0.5) is 5.00 Å². The third-order valence-corrected chi connectivity index (χ3v) is 8.16. The maximum absolute atomic E-state index is 12.6. The van der Waals surface area contributed by atoms with E-state index in [1.54, 1.807) is 24.6 Å². The summed E-state index contributed by atoms with van der Waals surface area (Å²) in [6, 6.07) is 3.58. The first-order chi connectivity index (χ1) is 16.0. The first-order valence-corrected chi connectivity index (χ1v) is 13.1. The molecule has 0 unspecified atom stereocenters. The van der Waals surface area contributed by atoms with Crippen molar-refractivity contribution >= 4 is 57.2 Å². The number of aromatic nitrogens is 3. The minimum atomic E-state index is -0.387. The molecule has 0 aliphatic heterocycles. The van der Waals surface area contributed by atoms with Crippen LogP contribution in [0.15, 0.2) is 22.7 Å². The summed E-state index contributed by atoms with van der Waals surface area (Å²) in [6.07, 6.45) is 2.76. The quantitative estimate of drug-likeness (QED) is 0.339. The number of nitrogens with zero attached hydrogens (tertiary/aromatic N) is 3. The van der Waals surface area contributed by atoms with E-state index < -0.39 is 0 Å². The van der Waals surface area contributed by atoms with Crippen molar-refractivity contribution in [2.45, 2.75) is 37.9 Å². The van der Waals surface area contributed by atoms with Crippen LogP contribution in [-0.4, -0.2) is 44.9 Å². The molecule has 2 N–H and O–H groups in total. The molecule has 4 rings (SSSR count). The van der Waals surface area contributed by atoms with E-state index >= 15 is 0 Å². The Morgan fingerprint density at radius 2 is 2.12 bits per heavy atom. The highest BCUT2D eigenvalue weighted by Crippen LogP contribution is 2.39. The minimum Gasteiger partial charge on any atom is -0.462 e. The van der Waals surface area contributed by atoms with Gasteiger partial charge in [0.1, 0.15) is 5.00 Å². The van der Waals surface area contributed by atoms with Gasteiger partial charge in [-0.15, -0.1) is 32.9 Å². The van der Waals surface area contributed by atoms with Gasteiger partial charge < -0.3 is 19.9 Å². The Bertz CT molecular complexity index is 1170. The number of anilines is 1. The number of aryl methyl sites for hydroxylation is 1. The molecule has 0 fully saturated rings. The van der Waals surface area contributed by atoms with Crippen LogP contribution in [0.1, 0.15) is 49.6 Å². The highest BCUT2D eigenvalue weighted by Gasteiger charge is 2.28. The molecule has 3 heterocycles. The number of ether oxygens (including phenoxy) is 1. The van der Waals surface area contributed by atoms with Crippen LogP contribution in [0.3, 0.4) is 0 Å². The number of thioether (sulfide) groups is 1. The third-order valence-electron chi connectivity index (χ3n) is 5.06. The average molecular weight is 506 g/mol. The number of nitrogens with one attached hydrogen (secondary N) is 2. The SMILES string of the molecule is CCOC(=O)c1c(NC(=O)CSc2nnc(CNC(=O)c3cccs3)n2C)sc2c1CCC2. The summed E-state index contributed by atoms with van der Waals surface area (Å²) >= 11 is 4.06. The van der Waals surface area contributed by atoms with E-state index in [1.807, 2.05) is 11.4 Å². The minimum absolute atomic E-state index is 0.109. The molecule has 0 aromatic carbocycles. The van der Waals surface area contributed by atoms with Gasteiger partial charge in [-0.3, -0.25) is 9.59 Å². The third kappa shape index (κ3) is 5.28. The first-order valence-electron chi connectivity index (χ1n) is 10.4. The van der Waals surface area contributed by atoms with Crippen molar-refractivity contribution in [2.24, 2.45) is 7.05 Å². The molecule has 1 aliphatic rings. The van der Waals surface area contributed by atoms with Crippen molar-refractivity contribution in [3.63, 3.8) is 0 Å². The molecule has 3 aromatic rings. The number of rotatable bonds is 9. The van der Waals surface area contributed by atoms with Gasteiger partial charge in [-0.1, -0.05) is 17.8 Å². The molecule has 3 aromatic heterocycles. The van der Waals surface area contributed by atoms with Crippen molar-refractivity contribution in [3.05, 3.63) is 44.2 Å². The Labute approximate surface area is 202 Å². The van der Waals surface area contributed by atoms with Gasteiger partial charge in [0.15, 0.2) is 11.0 Å². The molecule has 0 bridgehead atoms. The number of hydrogen-bond donors (Lipinski definition) is 2. The smallest absolute Gasteiger partial charge is 0.341 e. The van der Waals surface area contributed by atoms with Crippen LogP contribution in [0.5, 0.6) is 0 Å². The molecular formula is C21H23N5O4S3. The molecule has 12 heteroatoms. The van der Waals surface area contributed by atoms with Gasteiger partial charge >= 0.3 is 5.97 Å². The molecule has 2 amide bonds. The number of hydrogen-bond acceptors (Lipinski definition) is 9. The summed E-state index contributed by atoms with van der Waals surface area (Å²) in [5, 5.41) is 16.9. The fraction of sp³-hybridized carbons (Fsp3) is 0.381. The lowest BCUT2D eigenvalue weighted by Crippen LogP contribution is -2.23. The lowest BCUT2D eigenvalue weighted by atomic mass is 10.1. The molecule has 0 saturated heterocycles. The summed E-state index contributed by atoms with van der Waals surface area (Å²) < 4.78 is 6.95. The van der Waals surface area contributed by atoms with Crippen molar-refractivity contribution in [3.8, 4) is 0 Å². The zero-order valence-corrected chi connectivity index (χ0v) is 20.6. The van der Waals surface area contributed by atoms with Gasteiger partial charge in [0, 0.05) is 11.9 Å². The second-order valence-electron chi connectivity index (χ2n) is 7.24. The van der Waals surface area contributed by atoms with E-state index in [1.165, 1.54) is 34.4 Å². The Hall–Kier alpha value is -2.70.